The first-order valence-corrected chi connectivity index (χ1v) is 32.2. The smallest absolute Gasteiger partial charge is 0.0526 e. The molecule has 2 heteroatoms. The van der Waals surface area contributed by atoms with Gasteiger partial charge >= 0.3 is 0 Å². The van der Waals surface area contributed by atoms with Crippen LogP contribution >= 0.6 is 0 Å². The summed E-state index contributed by atoms with van der Waals surface area (Å²) in [5.41, 5.74) is 25.3. The van der Waals surface area contributed by atoms with Gasteiger partial charge in [-0.2, -0.15) is 0 Å². The molecule has 4 aliphatic rings. The van der Waals surface area contributed by atoms with Gasteiger partial charge in [0, 0.05) is 57.8 Å². The number of nitrogens with zero attached hydrogens (tertiary/aromatic N) is 2. The Labute approximate surface area is 541 Å². The first-order valence-electron chi connectivity index (χ1n) is 32.2. The molecule has 0 spiro atoms. The minimum Gasteiger partial charge on any atom is -0.310 e. The minimum absolute atomic E-state index is 0.171. The maximum Gasteiger partial charge on any atom is 0.0526 e. The fourth-order valence-corrected chi connectivity index (χ4v) is 15.9. The van der Waals surface area contributed by atoms with Crippen molar-refractivity contribution in [3.05, 3.63) is 421 Å². The van der Waals surface area contributed by atoms with Crippen molar-refractivity contribution < 1.29 is 0 Å². The Morgan fingerprint density at radius 1 is 0.261 bits per heavy atom. The van der Waals surface area contributed by atoms with E-state index in [1.54, 1.807) is 0 Å². The molecule has 0 aliphatic heterocycles. The van der Waals surface area contributed by atoms with E-state index in [2.05, 4.69) is 375 Å². The van der Waals surface area contributed by atoms with Gasteiger partial charge in [-0.05, 0) is 162 Å². The van der Waals surface area contributed by atoms with Crippen LogP contribution in [0.4, 0.5) is 34.1 Å². The predicted octanol–water partition coefficient (Wildman–Crippen LogP) is 23.3. The van der Waals surface area contributed by atoms with Crippen LogP contribution in [0.2, 0.25) is 0 Å². The molecule has 92 heavy (non-hydrogen) atoms. The fourth-order valence-electron chi connectivity index (χ4n) is 15.9. The molecule has 16 rings (SSSR count). The van der Waals surface area contributed by atoms with Crippen LogP contribution in [0, 0.1) is 11.8 Å². The Morgan fingerprint density at radius 3 is 0.848 bits per heavy atom. The molecule has 0 aromatic heterocycles. The van der Waals surface area contributed by atoms with Gasteiger partial charge in [-0.1, -0.05) is 304 Å². The number of hydrogen-bond donors (Lipinski definition) is 0. The van der Waals surface area contributed by atoms with Gasteiger partial charge in [0.1, 0.15) is 0 Å². The Bertz CT molecular complexity index is 4480. The highest BCUT2D eigenvalue weighted by Crippen LogP contribution is 2.62. The predicted molar refractivity (Wildman–Crippen MR) is 387 cm³/mol. The lowest BCUT2D eigenvalue weighted by atomic mass is 9.63. The standard InChI is InChI=1S/C90H68N2/c1-3-63-33-45-73(46-34-63)89(71-25-13-7-14-26-71)85-31-19-17-29-81(85)83-59-57-79(61-87(83)89)91(75-49-37-67(38-50-75)65-21-9-5-10-22-65)77-53-41-69(42-54-77)70-43-55-78(56-44-70)92(76-51-39-68(40-52-76)66-23-11-6-12-24-66)80-58-60-84-82-30-18-20-32-86(82)90(88(84)62-80,72-27-15-8-16-28-72)74-47-35-64(4-2)36-48-74/h3-62,81-82,85-86H,1-2H2. The zero-order valence-electron chi connectivity index (χ0n) is 51.3. The summed E-state index contributed by atoms with van der Waals surface area (Å²) in [6, 6.07) is 113. The van der Waals surface area contributed by atoms with E-state index >= 15 is 0 Å². The zero-order chi connectivity index (χ0) is 61.6. The summed E-state index contributed by atoms with van der Waals surface area (Å²) in [6.07, 6.45) is 22.5. The quantitative estimate of drug-likeness (QED) is 0.101. The van der Waals surface area contributed by atoms with Crippen molar-refractivity contribution in [1.29, 1.82) is 0 Å². The molecule has 12 aromatic carbocycles. The second kappa shape index (κ2) is 23.6. The lowest BCUT2D eigenvalue weighted by molar-refractivity contribution is 0.457. The number of benzene rings is 12. The van der Waals surface area contributed by atoms with Gasteiger partial charge in [-0.3, -0.25) is 0 Å². The van der Waals surface area contributed by atoms with Crippen molar-refractivity contribution in [2.45, 2.75) is 22.7 Å². The lowest BCUT2D eigenvalue weighted by Gasteiger charge is -2.39. The van der Waals surface area contributed by atoms with E-state index in [0.717, 1.165) is 56.4 Å². The van der Waals surface area contributed by atoms with Crippen molar-refractivity contribution in [1.82, 2.24) is 0 Å². The summed E-state index contributed by atoms with van der Waals surface area (Å²) in [5.74, 6) is 0.755. The normalized spacial score (nSPS) is 19.5. The lowest BCUT2D eigenvalue weighted by Crippen LogP contribution is -2.35. The van der Waals surface area contributed by atoms with Crippen LogP contribution in [0.1, 0.15) is 67.5 Å². The second-order valence-electron chi connectivity index (χ2n) is 24.8. The first kappa shape index (κ1) is 56.0. The van der Waals surface area contributed by atoms with Crippen LogP contribution in [0.5, 0.6) is 0 Å². The average molecular weight is 1180 g/mol. The maximum atomic E-state index is 4.12. The van der Waals surface area contributed by atoms with Crippen LogP contribution in [0.25, 0.3) is 45.5 Å². The maximum absolute atomic E-state index is 4.12. The number of fused-ring (bicyclic) bond motifs is 6. The molecule has 438 valence electrons. The molecule has 0 bridgehead atoms. The van der Waals surface area contributed by atoms with Crippen molar-refractivity contribution in [2.24, 2.45) is 11.8 Å². The molecule has 0 heterocycles. The monoisotopic (exact) mass is 1180 g/mol. The van der Waals surface area contributed by atoms with Gasteiger partial charge in [-0.25, -0.2) is 0 Å². The second-order valence-corrected chi connectivity index (χ2v) is 24.8. The van der Waals surface area contributed by atoms with Crippen LogP contribution < -0.4 is 9.80 Å². The van der Waals surface area contributed by atoms with E-state index < -0.39 is 10.8 Å². The summed E-state index contributed by atoms with van der Waals surface area (Å²) >= 11 is 0. The molecule has 4 aliphatic carbocycles. The Balaban J connectivity index is 0.803. The van der Waals surface area contributed by atoms with Gasteiger partial charge in [0.15, 0.2) is 0 Å². The molecule has 0 saturated carbocycles. The van der Waals surface area contributed by atoms with E-state index in [1.165, 1.54) is 66.8 Å². The van der Waals surface area contributed by atoms with Crippen LogP contribution in [0.3, 0.4) is 0 Å². The number of rotatable bonds is 15. The molecule has 0 fully saturated rings. The van der Waals surface area contributed by atoms with Gasteiger partial charge in [0.05, 0.1) is 10.8 Å². The molecule has 0 saturated heterocycles. The molecule has 0 radical (unpaired) electrons. The van der Waals surface area contributed by atoms with Crippen LogP contribution in [0.15, 0.2) is 365 Å². The van der Waals surface area contributed by atoms with Gasteiger partial charge < -0.3 is 9.80 Å². The summed E-state index contributed by atoms with van der Waals surface area (Å²) < 4.78 is 0. The molecule has 6 unspecified atom stereocenters. The third-order valence-electron chi connectivity index (χ3n) is 20.1. The van der Waals surface area contributed by atoms with Crippen molar-refractivity contribution in [2.75, 3.05) is 9.80 Å². The molecule has 0 amide bonds. The van der Waals surface area contributed by atoms with E-state index in [-0.39, 0.29) is 23.7 Å². The average Bonchev–Trinajstić information content (AvgIpc) is 1.53. The molecule has 2 nitrogen and oxygen atoms in total. The van der Waals surface area contributed by atoms with Gasteiger partial charge in [0.25, 0.3) is 0 Å². The van der Waals surface area contributed by atoms with E-state index in [9.17, 15) is 0 Å². The van der Waals surface area contributed by atoms with Crippen molar-refractivity contribution >= 4 is 46.3 Å². The molecule has 6 atom stereocenters. The topological polar surface area (TPSA) is 6.48 Å². The van der Waals surface area contributed by atoms with Crippen molar-refractivity contribution in [3.8, 4) is 33.4 Å². The highest BCUT2D eigenvalue weighted by molar-refractivity contribution is 5.85. The summed E-state index contributed by atoms with van der Waals surface area (Å²) in [5, 5.41) is 0. The minimum atomic E-state index is -0.461. The van der Waals surface area contributed by atoms with E-state index in [1.807, 2.05) is 12.2 Å². The number of hydrogen-bond acceptors (Lipinski definition) is 2. The van der Waals surface area contributed by atoms with Gasteiger partial charge in [0.2, 0.25) is 0 Å². The Morgan fingerprint density at radius 2 is 0.533 bits per heavy atom. The largest absolute Gasteiger partial charge is 0.310 e. The SMILES string of the molecule is C=Cc1ccc(C2(c3ccccc3)c3cc(N(c4ccc(-c5ccccc5)cc4)c4ccc(-c5ccc(N(c6ccc(-c7ccccc7)cc6)c6ccc7c(c6)C(c6ccccc6)(c6ccc(C=C)cc6)C6C=CC=CC76)cc5)cc4)ccc3C3C=CC=CC32)cc1. The fraction of sp³-hybridized carbons (Fsp3) is 0.0667. The van der Waals surface area contributed by atoms with E-state index in [4.69, 9.17) is 0 Å². The summed E-state index contributed by atoms with van der Waals surface area (Å²) in [6.45, 7) is 8.23. The van der Waals surface area contributed by atoms with Crippen molar-refractivity contribution in [3.63, 3.8) is 0 Å². The molecule has 12 aromatic rings. The third-order valence-corrected chi connectivity index (χ3v) is 20.1. The zero-order valence-corrected chi connectivity index (χ0v) is 51.3. The highest BCUT2D eigenvalue weighted by Gasteiger charge is 2.54. The molecular formula is C90H68N2. The highest BCUT2D eigenvalue weighted by atomic mass is 15.1. The third kappa shape index (κ3) is 9.40. The number of allylic oxidation sites excluding steroid dienone is 8. The van der Waals surface area contributed by atoms with Crippen LogP contribution in [-0.4, -0.2) is 0 Å². The Hall–Kier alpha value is -11.3. The first-order chi connectivity index (χ1) is 45.5. The summed E-state index contributed by atoms with van der Waals surface area (Å²) in [7, 11) is 0. The molecule has 0 N–H and O–H groups in total. The molecular weight excluding hydrogens is 1110 g/mol. The van der Waals surface area contributed by atoms with Crippen LogP contribution in [-0.2, 0) is 10.8 Å². The summed E-state index contributed by atoms with van der Waals surface area (Å²) in [4.78, 5) is 4.88. The number of anilines is 6. The Kier molecular flexibility index (Phi) is 14.3. The van der Waals surface area contributed by atoms with E-state index in [0.29, 0.717) is 0 Å². The van der Waals surface area contributed by atoms with Gasteiger partial charge in [-0.15, -0.1) is 0 Å².